The molecule has 4 amide bonds. The van der Waals surface area contributed by atoms with Crippen molar-refractivity contribution < 1.29 is 37.0 Å². The van der Waals surface area contributed by atoms with Crippen LogP contribution >= 0.6 is 0 Å². The predicted octanol–water partition coefficient (Wildman–Crippen LogP) is 2.82. The number of benzene rings is 1. The normalized spacial score (nSPS) is 22.3. The molecule has 0 aromatic heterocycles. The van der Waals surface area contributed by atoms with E-state index in [2.05, 4.69) is 0 Å². The van der Waals surface area contributed by atoms with Crippen LogP contribution in [-0.4, -0.2) is 55.3 Å². The average molecular weight is 443 g/mol. The number of hydrogen-bond acceptors (Lipinski definition) is 5. The second-order valence-electron chi connectivity index (χ2n) is 7.62. The molecule has 1 aliphatic heterocycles. The van der Waals surface area contributed by atoms with Gasteiger partial charge in [-0.1, -0.05) is 19.3 Å². The van der Waals surface area contributed by atoms with E-state index in [9.17, 15) is 27.6 Å². The van der Waals surface area contributed by atoms with Crippen molar-refractivity contribution in [3.8, 4) is 11.5 Å². The van der Waals surface area contributed by atoms with Gasteiger partial charge in [-0.05, 0) is 37.0 Å². The van der Waals surface area contributed by atoms with Gasteiger partial charge < -0.3 is 14.8 Å². The minimum atomic E-state index is -5.26. The Kier molecular flexibility index (Phi) is 6.33. The topological polar surface area (TPSA) is 97.0 Å². The highest BCUT2D eigenvalue weighted by Gasteiger charge is 2.68. The molecular formula is C20H24F3N3O5. The second-order valence-corrected chi connectivity index (χ2v) is 7.62. The molecule has 8 nitrogen and oxygen atoms in total. The molecule has 11 heteroatoms. The fraction of sp³-hybridized carbons (Fsp3) is 0.550. The second kappa shape index (κ2) is 8.64. The van der Waals surface area contributed by atoms with Gasteiger partial charge in [-0.3, -0.25) is 19.8 Å². The van der Waals surface area contributed by atoms with E-state index >= 15 is 0 Å². The Bertz CT molecular complexity index is 870. The van der Waals surface area contributed by atoms with Crippen LogP contribution in [0.15, 0.2) is 18.2 Å². The lowest BCUT2D eigenvalue weighted by Gasteiger charge is -2.30. The maximum absolute atomic E-state index is 14.0. The van der Waals surface area contributed by atoms with E-state index in [4.69, 9.17) is 9.47 Å². The van der Waals surface area contributed by atoms with E-state index in [0.29, 0.717) is 4.90 Å². The monoisotopic (exact) mass is 443 g/mol. The van der Waals surface area contributed by atoms with Gasteiger partial charge in [0.05, 0.1) is 14.2 Å². The molecule has 1 heterocycles. The Balaban J connectivity index is 1.87. The van der Waals surface area contributed by atoms with Gasteiger partial charge in [-0.25, -0.2) is 4.79 Å². The molecule has 2 aliphatic rings. The molecule has 1 saturated carbocycles. The number of rotatable bonds is 6. The molecule has 0 spiro atoms. The first-order valence-electron chi connectivity index (χ1n) is 9.88. The number of ether oxygens (including phenoxy) is 2. The molecule has 0 bridgehead atoms. The Morgan fingerprint density at radius 3 is 2.39 bits per heavy atom. The predicted molar refractivity (Wildman–Crippen MR) is 103 cm³/mol. The summed E-state index contributed by atoms with van der Waals surface area (Å²) < 4.78 is 52.1. The van der Waals surface area contributed by atoms with Crippen molar-refractivity contribution in [3.63, 3.8) is 0 Å². The molecule has 1 saturated heterocycles. The Morgan fingerprint density at radius 1 is 1.16 bits per heavy atom. The van der Waals surface area contributed by atoms with Crippen molar-refractivity contribution in [1.82, 2.24) is 15.5 Å². The first-order valence-corrected chi connectivity index (χ1v) is 9.88. The van der Waals surface area contributed by atoms with Crippen LogP contribution in [0.1, 0.15) is 42.5 Å². The van der Waals surface area contributed by atoms with Crippen LogP contribution < -0.4 is 20.1 Å². The number of alkyl halides is 3. The zero-order valence-electron chi connectivity index (χ0n) is 17.2. The molecule has 1 aliphatic carbocycles. The van der Waals surface area contributed by atoms with Gasteiger partial charge >= 0.3 is 12.2 Å². The summed E-state index contributed by atoms with van der Waals surface area (Å²) in [5.74, 6) is -2.41. The van der Waals surface area contributed by atoms with E-state index in [1.807, 2.05) is 0 Å². The highest BCUT2D eigenvalue weighted by Crippen LogP contribution is 2.36. The number of hydrogen-bond donors (Lipinski definition) is 2. The number of nitrogens with one attached hydrogen (secondary N) is 2. The summed E-state index contributed by atoms with van der Waals surface area (Å²) in [5, 5.41) is 3.37. The maximum atomic E-state index is 14.0. The number of imide groups is 1. The first-order chi connectivity index (χ1) is 14.6. The fourth-order valence-corrected chi connectivity index (χ4v) is 3.94. The van der Waals surface area contributed by atoms with Crippen LogP contribution in [0.3, 0.4) is 0 Å². The van der Waals surface area contributed by atoms with Crippen LogP contribution in [0.5, 0.6) is 11.5 Å². The van der Waals surface area contributed by atoms with Gasteiger partial charge in [-0.15, -0.1) is 0 Å². The third kappa shape index (κ3) is 4.26. The largest absolute Gasteiger partial charge is 0.493 e. The Hall–Kier alpha value is -2.98. The molecule has 3 rings (SSSR count). The fourth-order valence-electron chi connectivity index (χ4n) is 3.94. The number of carbonyl (C=O) groups is 3. The average Bonchev–Trinajstić information content (AvgIpc) is 2.98. The number of urea groups is 1. The lowest BCUT2D eigenvalue weighted by atomic mass is 9.89. The number of nitrogens with zero attached hydrogens (tertiary/aromatic N) is 1. The van der Waals surface area contributed by atoms with Crippen molar-refractivity contribution in [2.75, 3.05) is 20.8 Å². The Morgan fingerprint density at radius 2 is 1.81 bits per heavy atom. The van der Waals surface area contributed by atoms with Gasteiger partial charge in [0, 0.05) is 12.1 Å². The van der Waals surface area contributed by atoms with E-state index < -0.39 is 29.7 Å². The summed E-state index contributed by atoms with van der Waals surface area (Å²) in [4.78, 5) is 38.3. The third-order valence-corrected chi connectivity index (χ3v) is 5.64. The molecule has 0 radical (unpaired) electrons. The lowest BCUT2D eigenvalue weighted by Crippen LogP contribution is -2.69. The highest BCUT2D eigenvalue weighted by atomic mass is 19.4. The maximum Gasteiger partial charge on any atom is 0.440 e. The molecular weight excluding hydrogens is 419 g/mol. The quantitative estimate of drug-likeness (QED) is 0.659. The van der Waals surface area contributed by atoms with Gasteiger partial charge in [0.25, 0.3) is 17.5 Å². The van der Waals surface area contributed by atoms with Crippen LogP contribution in [0, 0.1) is 5.92 Å². The van der Waals surface area contributed by atoms with Crippen molar-refractivity contribution in [3.05, 3.63) is 23.8 Å². The third-order valence-electron chi connectivity index (χ3n) is 5.64. The smallest absolute Gasteiger partial charge is 0.440 e. The van der Waals surface area contributed by atoms with Crippen LogP contribution in [0.2, 0.25) is 0 Å². The van der Waals surface area contributed by atoms with Crippen molar-refractivity contribution in [2.45, 2.75) is 43.9 Å². The summed E-state index contributed by atoms with van der Waals surface area (Å²) >= 11 is 0. The minimum Gasteiger partial charge on any atom is -0.493 e. The lowest BCUT2D eigenvalue weighted by molar-refractivity contribution is -0.200. The summed E-state index contributed by atoms with van der Waals surface area (Å²) in [7, 11) is 2.67. The summed E-state index contributed by atoms with van der Waals surface area (Å²) in [5.41, 5.74) is -3.74. The number of amides is 4. The molecule has 2 fully saturated rings. The van der Waals surface area contributed by atoms with Gasteiger partial charge in [0.1, 0.15) is 0 Å². The Labute approximate surface area is 177 Å². The van der Waals surface area contributed by atoms with Gasteiger partial charge in [-0.2, -0.15) is 13.2 Å². The summed E-state index contributed by atoms with van der Waals surface area (Å²) in [6.45, 7) is -0.116. The van der Waals surface area contributed by atoms with Crippen LogP contribution in [-0.2, 0) is 4.79 Å². The first kappa shape index (κ1) is 22.7. The number of halogens is 3. The molecule has 1 unspecified atom stereocenters. The molecule has 2 N–H and O–H groups in total. The summed E-state index contributed by atoms with van der Waals surface area (Å²) in [6.07, 6.45) is -0.983. The molecule has 170 valence electrons. The van der Waals surface area contributed by atoms with Crippen LogP contribution in [0.4, 0.5) is 18.0 Å². The molecule has 31 heavy (non-hydrogen) atoms. The van der Waals surface area contributed by atoms with Crippen molar-refractivity contribution in [1.29, 1.82) is 0 Å². The minimum absolute atomic E-state index is 0.0611. The van der Waals surface area contributed by atoms with E-state index in [1.165, 1.54) is 32.4 Å². The molecule has 1 atom stereocenters. The van der Waals surface area contributed by atoms with Gasteiger partial charge in [0.2, 0.25) is 0 Å². The van der Waals surface area contributed by atoms with Gasteiger partial charge in [0.15, 0.2) is 11.5 Å². The SMILES string of the molecule is COc1ccc(C(=O)NC2(C(F)(F)F)NC(=O)N(CC3CCCCC3)C2=O)cc1OC. The van der Waals surface area contributed by atoms with Crippen molar-refractivity contribution in [2.24, 2.45) is 5.92 Å². The van der Waals surface area contributed by atoms with Crippen LogP contribution in [0.25, 0.3) is 0 Å². The number of methoxy groups -OCH3 is 2. The van der Waals surface area contributed by atoms with E-state index in [-0.39, 0.29) is 29.5 Å². The van der Waals surface area contributed by atoms with Crippen molar-refractivity contribution >= 4 is 17.8 Å². The number of carbonyl (C=O) groups excluding carboxylic acids is 3. The van der Waals surface area contributed by atoms with E-state index in [1.54, 1.807) is 10.6 Å². The summed E-state index contributed by atoms with van der Waals surface area (Å²) in [6, 6.07) is 2.57. The zero-order valence-corrected chi connectivity index (χ0v) is 17.2. The standard InChI is InChI=1S/C20H24F3N3O5/c1-30-14-9-8-13(10-15(14)31-2)16(27)24-19(20(21,22)23)17(28)26(18(29)25-19)11-12-6-4-3-5-7-12/h8-10,12H,3-7,11H2,1-2H3,(H,24,27)(H,25,29). The highest BCUT2D eigenvalue weighted by molar-refractivity contribution is 6.10. The van der Waals surface area contributed by atoms with E-state index in [0.717, 1.165) is 32.1 Å². The molecule has 1 aromatic rings. The zero-order chi connectivity index (χ0) is 22.8. The molecule has 1 aromatic carbocycles.